The Bertz CT molecular complexity index is 428. The lowest BCUT2D eigenvalue weighted by Crippen LogP contribution is -2.35. The monoisotopic (exact) mass is 278 g/mol. The Balaban J connectivity index is 2.29. The first-order valence-corrected chi connectivity index (χ1v) is 7.25. The quantitative estimate of drug-likeness (QED) is 0.834. The molecule has 112 valence electrons. The fourth-order valence-corrected chi connectivity index (χ4v) is 2.06. The number of alkyl carbamates (subject to hydrolysis) is 1. The third kappa shape index (κ3) is 5.61. The number of amides is 1. The molecule has 0 bridgehead atoms. The maximum atomic E-state index is 11.6. The van der Waals surface area contributed by atoms with E-state index in [-0.39, 0.29) is 6.09 Å². The number of rotatable bonds is 7. The van der Waals surface area contributed by atoms with E-state index >= 15 is 0 Å². The number of benzene rings is 1. The van der Waals surface area contributed by atoms with Crippen LogP contribution in [0.4, 0.5) is 4.79 Å². The van der Waals surface area contributed by atoms with Gasteiger partial charge in [-0.15, -0.1) is 0 Å². The van der Waals surface area contributed by atoms with Crippen molar-refractivity contribution in [1.82, 2.24) is 10.2 Å². The predicted octanol–water partition coefficient (Wildman–Crippen LogP) is 2.87. The normalized spacial score (nSPS) is 10.7. The first-order chi connectivity index (χ1) is 9.56. The van der Waals surface area contributed by atoms with E-state index in [9.17, 15) is 4.79 Å². The lowest BCUT2D eigenvalue weighted by atomic mass is 10.1. The summed E-state index contributed by atoms with van der Waals surface area (Å²) in [6.45, 7) is 12.1. The predicted molar refractivity (Wildman–Crippen MR) is 81.9 cm³/mol. The van der Waals surface area contributed by atoms with Gasteiger partial charge in [0, 0.05) is 13.1 Å². The average Bonchev–Trinajstić information content (AvgIpc) is 2.42. The van der Waals surface area contributed by atoms with E-state index in [2.05, 4.69) is 37.1 Å². The van der Waals surface area contributed by atoms with Crippen LogP contribution in [0.25, 0.3) is 0 Å². The van der Waals surface area contributed by atoms with Gasteiger partial charge in [0.25, 0.3) is 0 Å². The van der Waals surface area contributed by atoms with Crippen LogP contribution in [0.1, 0.15) is 30.5 Å². The van der Waals surface area contributed by atoms with Gasteiger partial charge in [-0.25, -0.2) is 4.79 Å². The number of nitrogens with one attached hydrogen (secondary N) is 1. The standard InChI is InChI=1S/C16H26N2O2/c1-5-18(6-2)10-9-17-16(19)20-12-15-8-7-13(3)11-14(15)4/h7-8,11H,5-6,9-10,12H2,1-4H3,(H,17,19). The van der Waals surface area contributed by atoms with Gasteiger partial charge in [0.05, 0.1) is 0 Å². The molecular formula is C16H26N2O2. The molecule has 4 nitrogen and oxygen atoms in total. The molecule has 0 fully saturated rings. The summed E-state index contributed by atoms with van der Waals surface area (Å²) >= 11 is 0. The van der Waals surface area contributed by atoms with E-state index in [1.807, 2.05) is 19.1 Å². The number of nitrogens with zero attached hydrogens (tertiary/aromatic N) is 1. The Hall–Kier alpha value is -1.55. The Morgan fingerprint density at radius 3 is 2.55 bits per heavy atom. The van der Waals surface area contributed by atoms with E-state index in [0.29, 0.717) is 13.2 Å². The van der Waals surface area contributed by atoms with Crippen LogP contribution in [0.5, 0.6) is 0 Å². The molecule has 0 aliphatic heterocycles. The molecule has 0 radical (unpaired) electrons. The van der Waals surface area contributed by atoms with Crippen LogP contribution in [0.3, 0.4) is 0 Å². The topological polar surface area (TPSA) is 41.6 Å². The minimum Gasteiger partial charge on any atom is -0.445 e. The second-order valence-corrected chi connectivity index (χ2v) is 4.96. The van der Waals surface area contributed by atoms with E-state index in [4.69, 9.17) is 4.74 Å². The Morgan fingerprint density at radius 1 is 1.25 bits per heavy atom. The third-order valence-corrected chi connectivity index (χ3v) is 3.45. The van der Waals surface area contributed by atoms with Gasteiger partial charge in [-0.2, -0.15) is 0 Å². The Labute approximate surface area is 122 Å². The Kier molecular flexibility index (Phi) is 7.09. The second kappa shape index (κ2) is 8.59. The molecule has 0 atom stereocenters. The fraction of sp³-hybridized carbons (Fsp3) is 0.562. The minimum absolute atomic E-state index is 0.323. The van der Waals surface area contributed by atoms with Crippen molar-refractivity contribution in [1.29, 1.82) is 0 Å². The molecule has 1 amide bonds. The molecule has 0 aliphatic carbocycles. The van der Waals surface area contributed by atoms with Gasteiger partial charge in [0.2, 0.25) is 0 Å². The van der Waals surface area contributed by atoms with Crippen molar-refractivity contribution < 1.29 is 9.53 Å². The molecule has 1 aromatic carbocycles. The third-order valence-electron chi connectivity index (χ3n) is 3.45. The largest absolute Gasteiger partial charge is 0.445 e. The van der Waals surface area contributed by atoms with Crippen LogP contribution in [0, 0.1) is 13.8 Å². The van der Waals surface area contributed by atoms with Gasteiger partial charge in [0.1, 0.15) is 6.61 Å². The molecule has 0 aliphatic rings. The molecule has 0 saturated carbocycles. The zero-order chi connectivity index (χ0) is 15.0. The fourth-order valence-electron chi connectivity index (χ4n) is 2.06. The van der Waals surface area contributed by atoms with Crippen LogP contribution in [-0.4, -0.2) is 37.2 Å². The number of carbonyl (C=O) groups excluding carboxylic acids is 1. The van der Waals surface area contributed by atoms with Crippen LogP contribution < -0.4 is 5.32 Å². The highest BCUT2D eigenvalue weighted by Crippen LogP contribution is 2.11. The maximum Gasteiger partial charge on any atom is 0.407 e. The van der Waals surface area contributed by atoms with E-state index in [1.165, 1.54) is 5.56 Å². The molecule has 1 N–H and O–H groups in total. The van der Waals surface area contributed by atoms with Crippen molar-refractivity contribution in [3.63, 3.8) is 0 Å². The summed E-state index contributed by atoms with van der Waals surface area (Å²) in [7, 11) is 0. The number of hydrogen-bond acceptors (Lipinski definition) is 3. The van der Waals surface area contributed by atoms with Crippen LogP contribution >= 0.6 is 0 Å². The first kappa shape index (κ1) is 16.5. The highest BCUT2D eigenvalue weighted by atomic mass is 16.5. The number of ether oxygens (including phenoxy) is 1. The smallest absolute Gasteiger partial charge is 0.407 e. The van der Waals surface area contributed by atoms with Gasteiger partial charge in [0.15, 0.2) is 0 Å². The van der Waals surface area contributed by atoms with Crippen LogP contribution in [0.15, 0.2) is 18.2 Å². The van der Waals surface area contributed by atoms with Gasteiger partial charge in [-0.1, -0.05) is 37.6 Å². The summed E-state index contributed by atoms with van der Waals surface area (Å²) in [4.78, 5) is 13.9. The molecule has 0 aromatic heterocycles. The van der Waals surface area contributed by atoms with Gasteiger partial charge in [-0.3, -0.25) is 0 Å². The Morgan fingerprint density at radius 2 is 1.95 bits per heavy atom. The van der Waals surface area contributed by atoms with Gasteiger partial charge >= 0.3 is 6.09 Å². The van der Waals surface area contributed by atoms with Crippen molar-refractivity contribution >= 4 is 6.09 Å². The first-order valence-electron chi connectivity index (χ1n) is 7.25. The van der Waals surface area contributed by atoms with E-state index in [1.54, 1.807) is 0 Å². The van der Waals surface area contributed by atoms with E-state index in [0.717, 1.165) is 30.8 Å². The zero-order valence-corrected chi connectivity index (χ0v) is 13.0. The maximum absolute atomic E-state index is 11.6. The summed E-state index contributed by atoms with van der Waals surface area (Å²) < 4.78 is 5.23. The molecule has 1 rings (SSSR count). The number of aryl methyl sites for hydroxylation is 2. The molecule has 4 heteroatoms. The number of hydrogen-bond donors (Lipinski definition) is 1. The summed E-state index contributed by atoms with van der Waals surface area (Å²) in [5.74, 6) is 0. The van der Waals surface area contributed by atoms with Crippen molar-refractivity contribution in [2.24, 2.45) is 0 Å². The van der Waals surface area contributed by atoms with E-state index < -0.39 is 0 Å². The van der Waals surface area contributed by atoms with Crippen molar-refractivity contribution in [3.8, 4) is 0 Å². The molecule has 0 unspecified atom stereocenters. The molecule has 0 spiro atoms. The second-order valence-electron chi connectivity index (χ2n) is 4.96. The zero-order valence-electron chi connectivity index (χ0n) is 13.0. The SMILES string of the molecule is CCN(CC)CCNC(=O)OCc1ccc(C)cc1C. The molecule has 0 saturated heterocycles. The highest BCUT2D eigenvalue weighted by Gasteiger charge is 2.05. The highest BCUT2D eigenvalue weighted by molar-refractivity contribution is 5.67. The van der Waals surface area contributed by atoms with Gasteiger partial charge < -0.3 is 15.0 Å². The lowest BCUT2D eigenvalue weighted by Gasteiger charge is -2.17. The summed E-state index contributed by atoms with van der Waals surface area (Å²) in [6.07, 6.45) is -0.350. The molecular weight excluding hydrogens is 252 g/mol. The number of carbonyl (C=O) groups is 1. The molecule has 1 aromatic rings. The summed E-state index contributed by atoms with van der Waals surface area (Å²) in [5.41, 5.74) is 3.42. The minimum atomic E-state index is -0.350. The summed E-state index contributed by atoms with van der Waals surface area (Å²) in [6, 6.07) is 6.13. The van der Waals surface area contributed by atoms with Gasteiger partial charge in [-0.05, 0) is 38.1 Å². The van der Waals surface area contributed by atoms with Crippen LogP contribution in [-0.2, 0) is 11.3 Å². The molecule has 0 heterocycles. The van der Waals surface area contributed by atoms with Crippen LogP contribution in [0.2, 0.25) is 0 Å². The van der Waals surface area contributed by atoms with Crippen molar-refractivity contribution in [2.75, 3.05) is 26.2 Å². The summed E-state index contributed by atoms with van der Waals surface area (Å²) in [5, 5.41) is 2.78. The molecule has 20 heavy (non-hydrogen) atoms. The van der Waals surface area contributed by atoms with Crippen molar-refractivity contribution in [3.05, 3.63) is 34.9 Å². The lowest BCUT2D eigenvalue weighted by molar-refractivity contribution is 0.138. The average molecular weight is 278 g/mol. The number of likely N-dealkylation sites (N-methyl/N-ethyl adjacent to an activating group) is 1. The van der Waals surface area contributed by atoms with Crippen molar-refractivity contribution in [2.45, 2.75) is 34.3 Å².